The Morgan fingerprint density at radius 1 is 1.50 bits per heavy atom. The van der Waals surface area contributed by atoms with Crippen LogP contribution in [0.4, 0.5) is 0 Å². The highest BCUT2D eigenvalue weighted by Gasteiger charge is 2.28. The minimum Gasteiger partial charge on any atom is -0.392 e. The van der Waals surface area contributed by atoms with Gasteiger partial charge in [0.15, 0.2) is 0 Å². The zero-order chi connectivity index (χ0) is 12.3. The van der Waals surface area contributed by atoms with Crippen molar-refractivity contribution >= 4 is 0 Å². The van der Waals surface area contributed by atoms with Gasteiger partial charge >= 0.3 is 0 Å². The Morgan fingerprint density at radius 2 is 2.12 bits per heavy atom. The van der Waals surface area contributed by atoms with Gasteiger partial charge in [-0.3, -0.25) is 0 Å². The van der Waals surface area contributed by atoms with E-state index in [0.29, 0.717) is 18.1 Å². The van der Waals surface area contributed by atoms with Crippen LogP contribution in [0.3, 0.4) is 0 Å². The van der Waals surface area contributed by atoms with Crippen molar-refractivity contribution in [1.29, 1.82) is 0 Å². The zero-order valence-electron chi connectivity index (χ0n) is 10.5. The SMILES string of the molecule is CCC(O)C(C)c1nc(C(C)(C)OC)no1. The Balaban J connectivity index is 2.87. The highest BCUT2D eigenvalue weighted by Crippen LogP contribution is 2.24. The highest BCUT2D eigenvalue weighted by atomic mass is 16.5. The maximum Gasteiger partial charge on any atom is 0.232 e. The molecule has 1 rings (SSSR count). The van der Waals surface area contributed by atoms with Crippen LogP contribution in [0.5, 0.6) is 0 Å². The van der Waals surface area contributed by atoms with Crippen molar-refractivity contribution in [1.82, 2.24) is 10.1 Å². The summed E-state index contributed by atoms with van der Waals surface area (Å²) in [5.74, 6) is 0.800. The highest BCUT2D eigenvalue weighted by molar-refractivity contribution is 5.01. The summed E-state index contributed by atoms with van der Waals surface area (Å²) < 4.78 is 10.4. The summed E-state index contributed by atoms with van der Waals surface area (Å²) in [4.78, 5) is 4.26. The van der Waals surface area contributed by atoms with Gasteiger partial charge in [0.25, 0.3) is 0 Å². The smallest absolute Gasteiger partial charge is 0.232 e. The second kappa shape index (κ2) is 4.93. The molecule has 2 unspecified atom stereocenters. The van der Waals surface area contributed by atoms with E-state index in [1.807, 2.05) is 27.7 Å². The lowest BCUT2D eigenvalue weighted by atomic mass is 10.0. The van der Waals surface area contributed by atoms with Gasteiger partial charge in [-0.1, -0.05) is 19.0 Å². The van der Waals surface area contributed by atoms with E-state index in [1.165, 1.54) is 0 Å². The molecule has 5 heteroatoms. The maximum absolute atomic E-state index is 9.69. The molecule has 0 aromatic carbocycles. The fourth-order valence-electron chi connectivity index (χ4n) is 1.27. The third-order valence-electron chi connectivity index (χ3n) is 2.88. The molecule has 5 nitrogen and oxygen atoms in total. The molecule has 0 aliphatic rings. The van der Waals surface area contributed by atoms with Gasteiger partial charge in [-0.15, -0.1) is 0 Å². The van der Waals surface area contributed by atoms with Crippen LogP contribution in [0.1, 0.15) is 51.7 Å². The standard InChI is InChI=1S/C11H20N2O3/c1-6-8(14)7(2)9-12-10(13-16-9)11(3,4)15-5/h7-8,14H,6H2,1-5H3. The van der Waals surface area contributed by atoms with E-state index in [1.54, 1.807) is 7.11 Å². The van der Waals surface area contributed by atoms with E-state index in [-0.39, 0.29) is 5.92 Å². The molecule has 0 saturated heterocycles. The lowest BCUT2D eigenvalue weighted by molar-refractivity contribution is 0.00973. The molecule has 1 heterocycles. The number of nitrogens with zero attached hydrogens (tertiary/aromatic N) is 2. The molecular weight excluding hydrogens is 208 g/mol. The van der Waals surface area contributed by atoms with Crippen LogP contribution in [-0.4, -0.2) is 28.5 Å². The molecule has 0 spiro atoms. The first-order chi connectivity index (χ1) is 7.42. The number of aliphatic hydroxyl groups is 1. The summed E-state index contributed by atoms with van der Waals surface area (Å²) in [5, 5.41) is 13.6. The van der Waals surface area contributed by atoms with Gasteiger partial charge in [0, 0.05) is 7.11 Å². The van der Waals surface area contributed by atoms with Gasteiger partial charge < -0.3 is 14.4 Å². The number of ether oxygens (including phenoxy) is 1. The average Bonchev–Trinajstić information content (AvgIpc) is 2.76. The van der Waals surface area contributed by atoms with Gasteiger partial charge in [0.2, 0.25) is 11.7 Å². The predicted molar refractivity (Wildman–Crippen MR) is 59.0 cm³/mol. The number of hydrogen-bond acceptors (Lipinski definition) is 5. The lowest BCUT2D eigenvalue weighted by Gasteiger charge is -2.17. The Morgan fingerprint density at radius 3 is 2.62 bits per heavy atom. The van der Waals surface area contributed by atoms with Gasteiger partial charge in [-0.25, -0.2) is 0 Å². The Bertz CT molecular complexity index is 336. The maximum atomic E-state index is 9.69. The quantitative estimate of drug-likeness (QED) is 0.832. The fourth-order valence-corrected chi connectivity index (χ4v) is 1.27. The number of rotatable bonds is 5. The van der Waals surface area contributed by atoms with Crippen molar-refractivity contribution in [3.8, 4) is 0 Å². The number of aliphatic hydroxyl groups excluding tert-OH is 1. The lowest BCUT2D eigenvalue weighted by Crippen LogP contribution is -2.21. The predicted octanol–water partition coefficient (Wildman–Crippen LogP) is 1.83. The molecule has 1 aromatic heterocycles. The summed E-state index contributed by atoms with van der Waals surface area (Å²) in [6, 6.07) is 0. The van der Waals surface area contributed by atoms with Crippen LogP contribution in [-0.2, 0) is 10.3 Å². The molecular formula is C11H20N2O3. The van der Waals surface area contributed by atoms with Crippen LogP contribution < -0.4 is 0 Å². The summed E-state index contributed by atoms with van der Waals surface area (Å²) in [6.45, 7) is 7.51. The molecule has 0 bridgehead atoms. The molecule has 0 aliphatic carbocycles. The first-order valence-electron chi connectivity index (χ1n) is 5.49. The van der Waals surface area contributed by atoms with E-state index in [0.717, 1.165) is 0 Å². The Kier molecular flexibility index (Phi) is 4.04. The van der Waals surface area contributed by atoms with Crippen molar-refractivity contribution in [2.24, 2.45) is 0 Å². The van der Waals surface area contributed by atoms with Crippen molar-refractivity contribution in [2.75, 3.05) is 7.11 Å². The van der Waals surface area contributed by atoms with Crippen molar-refractivity contribution < 1.29 is 14.4 Å². The van der Waals surface area contributed by atoms with Crippen LogP contribution in [0.2, 0.25) is 0 Å². The van der Waals surface area contributed by atoms with Crippen molar-refractivity contribution in [3.05, 3.63) is 11.7 Å². The minimum absolute atomic E-state index is 0.154. The minimum atomic E-state index is -0.571. The first-order valence-corrected chi connectivity index (χ1v) is 5.49. The third-order valence-corrected chi connectivity index (χ3v) is 2.88. The van der Waals surface area contributed by atoms with Crippen LogP contribution in [0, 0.1) is 0 Å². The van der Waals surface area contributed by atoms with Gasteiger partial charge in [-0.2, -0.15) is 4.98 Å². The second-order valence-electron chi connectivity index (χ2n) is 4.43. The number of aromatic nitrogens is 2. The van der Waals surface area contributed by atoms with Crippen molar-refractivity contribution in [2.45, 2.75) is 51.7 Å². The summed E-state index contributed by atoms with van der Waals surface area (Å²) in [6.07, 6.45) is 0.200. The summed E-state index contributed by atoms with van der Waals surface area (Å²) in [5.41, 5.74) is -0.571. The summed E-state index contributed by atoms with van der Waals surface area (Å²) >= 11 is 0. The van der Waals surface area contributed by atoms with Gasteiger partial charge in [0.05, 0.1) is 12.0 Å². The van der Waals surface area contributed by atoms with E-state index in [2.05, 4.69) is 10.1 Å². The average molecular weight is 228 g/mol. The fraction of sp³-hybridized carbons (Fsp3) is 0.818. The van der Waals surface area contributed by atoms with Crippen LogP contribution in [0.25, 0.3) is 0 Å². The summed E-state index contributed by atoms with van der Waals surface area (Å²) in [7, 11) is 1.60. The van der Waals surface area contributed by atoms with Gasteiger partial charge in [0.1, 0.15) is 5.60 Å². The Hall–Kier alpha value is -0.940. The van der Waals surface area contributed by atoms with Gasteiger partial charge in [-0.05, 0) is 20.3 Å². The monoisotopic (exact) mass is 228 g/mol. The second-order valence-corrected chi connectivity index (χ2v) is 4.43. The normalized spacial score (nSPS) is 16.1. The van der Waals surface area contributed by atoms with E-state index in [9.17, 15) is 5.11 Å². The topological polar surface area (TPSA) is 68.4 Å². The molecule has 92 valence electrons. The number of methoxy groups -OCH3 is 1. The van der Waals surface area contributed by atoms with E-state index in [4.69, 9.17) is 9.26 Å². The third kappa shape index (κ3) is 2.59. The Labute approximate surface area is 95.8 Å². The van der Waals surface area contributed by atoms with Crippen molar-refractivity contribution in [3.63, 3.8) is 0 Å². The zero-order valence-corrected chi connectivity index (χ0v) is 10.5. The molecule has 0 aliphatic heterocycles. The molecule has 0 saturated carbocycles. The molecule has 0 fully saturated rings. The van der Waals surface area contributed by atoms with E-state index < -0.39 is 11.7 Å². The molecule has 16 heavy (non-hydrogen) atoms. The van der Waals surface area contributed by atoms with Crippen LogP contribution in [0.15, 0.2) is 4.52 Å². The molecule has 1 N–H and O–H groups in total. The molecule has 2 atom stereocenters. The van der Waals surface area contributed by atoms with Crippen LogP contribution >= 0.6 is 0 Å². The molecule has 1 aromatic rings. The molecule has 0 amide bonds. The molecule has 0 radical (unpaired) electrons. The van der Waals surface area contributed by atoms with E-state index >= 15 is 0 Å². The largest absolute Gasteiger partial charge is 0.392 e. The number of hydrogen-bond donors (Lipinski definition) is 1. The first kappa shape index (κ1) is 13.1.